The summed E-state index contributed by atoms with van der Waals surface area (Å²) in [5, 5.41) is 5.68. The van der Waals surface area contributed by atoms with E-state index in [1.807, 2.05) is 24.4 Å². The maximum absolute atomic E-state index is 12.8. The van der Waals surface area contributed by atoms with Crippen LogP contribution in [0.25, 0.3) is 0 Å². The number of rotatable bonds is 7. The molecule has 3 rings (SSSR count). The number of nitrogens with zero attached hydrogens (tertiary/aromatic N) is 3. The van der Waals surface area contributed by atoms with Crippen LogP contribution in [0.2, 0.25) is 0 Å². The van der Waals surface area contributed by atoms with E-state index in [0.717, 1.165) is 27.4 Å². The highest BCUT2D eigenvalue weighted by Crippen LogP contribution is 2.26. The number of ether oxygens (including phenoxy) is 1. The van der Waals surface area contributed by atoms with Crippen LogP contribution in [0.5, 0.6) is 5.75 Å². The molecule has 0 saturated carbocycles. The fraction of sp³-hybridized carbons (Fsp3) is 0.476. The second kappa shape index (κ2) is 9.37. The summed E-state index contributed by atoms with van der Waals surface area (Å²) in [4.78, 5) is 33.3. The number of benzene rings is 1. The molecule has 0 unspecified atom stereocenters. The maximum atomic E-state index is 12.8. The lowest BCUT2D eigenvalue weighted by atomic mass is 10.00. The van der Waals surface area contributed by atoms with Crippen molar-refractivity contribution in [2.45, 2.75) is 39.4 Å². The van der Waals surface area contributed by atoms with E-state index in [9.17, 15) is 9.59 Å². The molecule has 0 bridgehead atoms. The maximum Gasteiger partial charge on any atom is 0.237 e. The topological polar surface area (TPSA) is 74.8 Å². The number of hydrogen-bond acceptors (Lipinski definition) is 6. The minimum atomic E-state index is -0.475. The van der Waals surface area contributed by atoms with Gasteiger partial charge in [-0.05, 0) is 36.6 Å². The Morgan fingerprint density at radius 3 is 2.86 bits per heavy atom. The van der Waals surface area contributed by atoms with Gasteiger partial charge in [0, 0.05) is 38.3 Å². The Bertz CT molecular complexity index is 869. The van der Waals surface area contributed by atoms with Gasteiger partial charge in [-0.15, -0.1) is 11.3 Å². The first-order valence-corrected chi connectivity index (χ1v) is 10.6. The molecule has 1 atom stereocenters. The van der Waals surface area contributed by atoms with E-state index in [2.05, 4.69) is 22.1 Å². The van der Waals surface area contributed by atoms with Crippen molar-refractivity contribution in [1.82, 2.24) is 20.1 Å². The summed E-state index contributed by atoms with van der Waals surface area (Å²) >= 11 is 1.52. The molecular weight excluding hydrogens is 388 g/mol. The van der Waals surface area contributed by atoms with E-state index in [4.69, 9.17) is 4.74 Å². The van der Waals surface area contributed by atoms with Gasteiger partial charge in [-0.25, -0.2) is 4.98 Å². The Balaban J connectivity index is 1.71. The van der Waals surface area contributed by atoms with Crippen LogP contribution in [0.1, 0.15) is 28.1 Å². The second-order valence-electron chi connectivity index (χ2n) is 7.33. The zero-order valence-corrected chi connectivity index (χ0v) is 18.2. The van der Waals surface area contributed by atoms with Gasteiger partial charge in [0.15, 0.2) is 0 Å². The van der Waals surface area contributed by atoms with Gasteiger partial charge in [0.05, 0.1) is 26.1 Å². The number of amides is 2. The third-order valence-corrected chi connectivity index (χ3v) is 6.30. The van der Waals surface area contributed by atoms with E-state index in [-0.39, 0.29) is 18.2 Å². The van der Waals surface area contributed by atoms with E-state index in [0.29, 0.717) is 26.2 Å². The molecule has 1 aromatic carbocycles. The van der Waals surface area contributed by atoms with E-state index >= 15 is 0 Å². The average molecular weight is 417 g/mol. The first kappa shape index (κ1) is 21.3. The molecule has 2 heterocycles. The normalized spacial score (nSPS) is 17.1. The van der Waals surface area contributed by atoms with Crippen molar-refractivity contribution < 1.29 is 14.3 Å². The number of nitrogens with one attached hydrogen (secondary N) is 1. The number of hydrogen-bond donors (Lipinski definition) is 1. The highest BCUT2D eigenvalue weighted by molar-refractivity contribution is 7.09. The average Bonchev–Trinajstić information content (AvgIpc) is 3.21. The zero-order valence-electron chi connectivity index (χ0n) is 17.4. The van der Waals surface area contributed by atoms with Gasteiger partial charge in [-0.1, -0.05) is 6.07 Å². The molecule has 2 aromatic rings. The van der Waals surface area contributed by atoms with Gasteiger partial charge < -0.3 is 15.0 Å². The van der Waals surface area contributed by atoms with Crippen LogP contribution in [0.4, 0.5) is 0 Å². The second-order valence-corrected chi connectivity index (χ2v) is 8.31. The first-order chi connectivity index (χ1) is 13.9. The summed E-state index contributed by atoms with van der Waals surface area (Å²) in [5.74, 6) is 0.711. The molecule has 0 spiro atoms. The lowest BCUT2D eigenvalue weighted by molar-refractivity contribution is -0.138. The number of methoxy groups -OCH3 is 1. The number of piperazine rings is 1. The fourth-order valence-corrected chi connectivity index (χ4v) is 4.25. The van der Waals surface area contributed by atoms with Crippen LogP contribution >= 0.6 is 11.3 Å². The molecule has 1 aromatic heterocycles. The van der Waals surface area contributed by atoms with Crippen LogP contribution in [0.3, 0.4) is 0 Å². The molecule has 1 aliphatic rings. The molecule has 1 N–H and O–H groups in total. The van der Waals surface area contributed by atoms with E-state index in [1.54, 1.807) is 25.3 Å². The number of carbonyl (C=O) groups is 2. The molecule has 1 saturated heterocycles. The van der Waals surface area contributed by atoms with Crippen molar-refractivity contribution in [1.29, 1.82) is 0 Å². The van der Waals surface area contributed by atoms with Crippen molar-refractivity contribution in [2.24, 2.45) is 0 Å². The van der Waals surface area contributed by atoms with Crippen LogP contribution in [0.15, 0.2) is 23.7 Å². The Morgan fingerprint density at radius 2 is 2.17 bits per heavy atom. The smallest absolute Gasteiger partial charge is 0.237 e. The van der Waals surface area contributed by atoms with Crippen LogP contribution in [-0.4, -0.2) is 59.9 Å². The van der Waals surface area contributed by atoms with Crippen molar-refractivity contribution >= 4 is 23.2 Å². The molecular formula is C21H28N4O3S. The molecule has 2 amide bonds. The van der Waals surface area contributed by atoms with E-state index < -0.39 is 6.04 Å². The lowest BCUT2D eigenvalue weighted by Gasteiger charge is -2.35. The van der Waals surface area contributed by atoms with Crippen molar-refractivity contribution in [3.05, 3.63) is 45.4 Å². The van der Waals surface area contributed by atoms with Crippen molar-refractivity contribution in [3.63, 3.8) is 0 Å². The van der Waals surface area contributed by atoms with Gasteiger partial charge in [0.2, 0.25) is 11.8 Å². The van der Waals surface area contributed by atoms with E-state index in [1.165, 1.54) is 11.3 Å². The van der Waals surface area contributed by atoms with Gasteiger partial charge >= 0.3 is 0 Å². The number of aromatic nitrogens is 1. The predicted molar refractivity (Wildman–Crippen MR) is 113 cm³/mol. The van der Waals surface area contributed by atoms with Gasteiger partial charge in [-0.2, -0.15) is 0 Å². The Hall–Kier alpha value is -2.45. The summed E-state index contributed by atoms with van der Waals surface area (Å²) in [6, 6.07) is 3.53. The zero-order chi connectivity index (χ0) is 21.0. The summed E-state index contributed by atoms with van der Waals surface area (Å²) in [5.41, 5.74) is 3.40. The molecule has 7 nitrogen and oxygen atoms in total. The standard InChI is InChI=1S/C21H28N4O3S/c1-14-15(2)18(28-4)6-5-16(14)12-25-9-7-23-21(27)17(25)11-20(26)24(3)13-19-22-8-10-29-19/h5-6,8,10,17H,7,9,11-13H2,1-4H3,(H,23,27)/t17-/m1/s1. The largest absolute Gasteiger partial charge is 0.496 e. The van der Waals surface area contributed by atoms with Crippen LogP contribution in [0, 0.1) is 13.8 Å². The highest BCUT2D eigenvalue weighted by atomic mass is 32.1. The Kier molecular flexibility index (Phi) is 6.87. The molecule has 0 radical (unpaired) electrons. The molecule has 29 heavy (non-hydrogen) atoms. The van der Waals surface area contributed by atoms with Gasteiger partial charge in [0.1, 0.15) is 10.8 Å². The molecule has 1 aliphatic heterocycles. The monoisotopic (exact) mass is 416 g/mol. The Morgan fingerprint density at radius 1 is 1.38 bits per heavy atom. The minimum Gasteiger partial charge on any atom is -0.496 e. The SMILES string of the molecule is COc1ccc(CN2CCNC(=O)[C@H]2CC(=O)N(C)Cc2nccs2)c(C)c1C. The van der Waals surface area contributed by atoms with Crippen LogP contribution < -0.4 is 10.1 Å². The molecule has 156 valence electrons. The van der Waals surface area contributed by atoms with Crippen molar-refractivity contribution in [2.75, 3.05) is 27.2 Å². The van der Waals surface area contributed by atoms with Gasteiger partial charge in [0.25, 0.3) is 0 Å². The van der Waals surface area contributed by atoms with Crippen LogP contribution in [-0.2, 0) is 22.7 Å². The van der Waals surface area contributed by atoms with Crippen molar-refractivity contribution in [3.8, 4) is 5.75 Å². The number of thiazole rings is 1. The molecule has 1 fully saturated rings. The fourth-order valence-electron chi connectivity index (χ4n) is 3.58. The highest BCUT2D eigenvalue weighted by Gasteiger charge is 2.32. The third-order valence-electron chi connectivity index (χ3n) is 5.53. The summed E-state index contributed by atoms with van der Waals surface area (Å²) in [6.45, 7) is 6.49. The minimum absolute atomic E-state index is 0.0603. The lowest BCUT2D eigenvalue weighted by Crippen LogP contribution is -2.56. The van der Waals surface area contributed by atoms with Gasteiger partial charge in [-0.3, -0.25) is 14.5 Å². The predicted octanol–water partition coefficient (Wildman–Crippen LogP) is 2.12. The summed E-state index contributed by atoms with van der Waals surface area (Å²) in [7, 11) is 3.42. The first-order valence-electron chi connectivity index (χ1n) is 9.68. The molecule has 0 aliphatic carbocycles. The molecule has 8 heteroatoms. The quantitative estimate of drug-likeness (QED) is 0.748. The number of carbonyl (C=O) groups excluding carboxylic acids is 2. The summed E-state index contributed by atoms with van der Waals surface area (Å²) in [6.07, 6.45) is 1.88. The Labute approximate surface area is 175 Å². The summed E-state index contributed by atoms with van der Waals surface area (Å²) < 4.78 is 5.40. The third kappa shape index (κ3) is 4.94.